The smallest absolute Gasteiger partial charge is 0.0969 e. The molecule has 0 radical (unpaired) electrons. The second-order valence-electron chi connectivity index (χ2n) is 5.10. The number of ether oxygens (including phenoxy) is 1. The molecule has 2 atom stereocenters. The molecule has 1 aromatic heterocycles. The third-order valence-corrected chi connectivity index (χ3v) is 4.90. The van der Waals surface area contributed by atoms with Crippen LogP contribution < -0.4 is 5.32 Å². The van der Waals surface area contributed by atoms with Crippen LogP contribution in [0.1, 0.15) is 35.1 Å². The van der Waals surface area contributed by atoms with Crippen molar-refractivity contribution in [3.63, 3.8) is 0 Å². The second kappa shape index (κ2) is 3.83. The third-order valence-electron chi connectivity index (χ3n) is 3.79. The Balaban J connectivity index is 2.02. The standard InChI is InChI=1S/C13H19NOS/c1-9-8-13(4-5-14-9)11-7-10(2)16-12(11)3-6-15-13/h7,9,14H,3-6,8H2,1-2H3/t9-,13+/m0/s1. The van der Waals surface area contributed by atoms with Gasteiger partial charge in [-0.1, -0.05) is 0 Å². The summed E-state index contributed by atoms with van der Waals surface area (Å²) in [5.74, 6) is 0. The fourth-order valence-electron chi connectivity index (χ4n) is 3.12. The molecule has 0 aliphatic carbocycles. The first-order chi connectivity index (χ1) is 7.70. The molecule has 1 aromatic rings. The van der Waals surface area contributed by atoms with E-state index < -0.39 is 0 Å². The van der Waals surface area contributed by atoms with Crippen LogP contribution in [0.4, 0.5) is 0 Å². The maximum Gasteiger partial charge on any atom is 0.0969 e. The van der Waals surface area contributed by atoms with E-state index >= 15 is 0 Å². The molecule has 1 saturated heterocycles. The molecule has 0 saturated carbocycles. The summed E-state index contributed by atoms with van der Waals surface area (Å²) in [7, 11) is 0. The van der Waals surface area contributed by atoms with Crippen LogP contribution in [0.25, 0.3) is 0 Å². The van der Waals surface area contributed by atoms with Crippen LogP contribution in [0, 0.1) is 6.92 Å². The zero-order valence-corrected chi connectivity index (χ0v) is 10.8. The Morgan fingerprint density at radius 3 is 3.25 bits per heavy atom. The normalized spacial score (nSPS) is 34.0. The molecule has 0 amide bonds. The Morgan fingerprint density at radius 1 is 1.56 bits per heavy atom. The Hall–Kier alpha value is -0.380. The van der Waals surface area contributed by atoms with Gasteiger partial charge < -0.3 is 10.1 Å². The molecule has 16 heavy (non-hydrogen) atoms. The number of nitrogens with one attached hydrogen (secondary N) is 1. The average Bonchev–Trinajstić information content (AvgIpc) is 2.60. The summed E-state index contributed by atoms with van der Waals surface area (Å²) in [5.41, 5.74) is 1.53. The number of rotatable bonds is 0. The van der Waals surface area contributed by atoms with Gasteiger partial charge in [0.2, 0.25) is 0 Å². The fourth-order valence-corrected chi connectivity index (χ4v) is 4.22. The van der Waals surface area contributed by atoms with E-state index in [1.807, 2.05) is 11.3 Å². The van der Waals surface area contributed by atoms with Crippen LogP contribution in [-0.4, -0.2) is 19.2 Å². The lowest BCUT2D eigenvalue weighted by Crippen LogP contribution is -2.48. The summed E-state index contributed by atoms with van der Waals surface area (Å²) in [6.45, 7) is 6.45. The van der Waals surface area contributed by atoms with Crippen molar-refractivity contribution in [3.8, 4) is 0 Å². The van der Waals surface area contributed by atoms with Crippen molar-refractivity contribution >= 4 is 11.3 Å². The van der Waals surface area contributed by atoms with Gasteiger partial charge in [-0.15, -0.1) is 11.3 Å². The third kappa shape index (κ3) is 1.62. The van der Waals surface area contributed by atoms with Gasteiger partial charge in [0.1, 0.15) is 0 Å². The number of thiophene rings is 1. The SMILES string of the molecule is Cc1cc2c(s1)CCO[C@@]21CCN[C@@H](C)C1. The van der Waals surface area contributed by atoms with Crippen molar-refractivity contribution in [2.45, 2.75) is 44.8 Å². The number of fused-ring (bicyclic) bond motifs is 2. The number of aryl methyl sites for hydroxylation is 1. The van der Waals surface area contributed by atoms with Crippen molar-refractivity contribution in [3.05, 3.63) is 21.4 Å². The molecular formula is C13H19NOS. The summed E-state index contributed by atoms with van der Waals surface area (Å²) in [6.07, 6.45) is 3.36. The molecule has 0 aromatic carbocycles. The minimum Gasteiger partial charge on any atom is -0.370 e. The van der Waals surface area contributed by atoms with E-state index in [9.17, 15) is 0 Å². The van der Waals surface area contributed by atoms with Crippen molar-refractivity contribution in [1.82, 2.24) is 5.32 Å². The van der Waals surface area contributed by atoms with E-state index in [0.717, 1.165) is 32.4 Å². The quantitative estimate of drug-likeness (QED) is 0.749. The predicted octanol–water partition coefficient (Wildman–Crippen LogP) is 2.60. The lowest BCUT2D eigenvalue weighted by molar-refractivity contribution is -0.0870. The highest BCUT2D eigenvalue weighted by Crippen LogP contribution is 2.44. The van der Waals surface area contributed by atoms with Crippen LogP contribution in [0.5, 0.6) is 0 Å². The molecule has 1 spiro atoms. The molecule has 2 aliphatic heterocycles. The molecule has 0 bridgehead atoms. The Labute approximate surface area is 101 Å². The molecule has 2 aliphatic rings. The maximum absolute atomic E-state index is 6.18. The van der Waals surface area contributed by atoms with E-state index in [2.05, 4.69) is 25.2 Å². The Morgan fingerprint density at radius 2 is 2.44 bits per heavy atom. The minimum absolute atomic E-state index is 0.0308. The second-order valence-corrected chi connectivity index (χ2v) is 6.44. The molecule has 88 valence electrons. The van der Waals surface area contributed by atoms with Gasteiger partial charge in [-0.25, -0.2) is 0 Å². The molecule has 3 heteroatoms. The van der Waals surface area contributed by atoms with E-state index in [-0.39, 0.29) is 5.60 Å². The molecule has 3 rings (SSSR count). The first kappa shape index (κ1) is 10.8. The summed E-state index contributed by atoms with van der Waals surface area (Å²) >= 11 is 1.96. The minimum atomic E-state index is 0.0308. The molecule has 0 unspecified atom stereocenters. The van der Waals surface area contributed by atoms with Gasteiger partial charge in [0.15, 0.2) is 0 Å². The van der Waals surface area contributed by atoms with Crippen molar-refractivity contribution in [2.75, 3.05) is 13.2 Å². The van der Waals surface area contributed by atoms with Gasteiger partial charge in [-0.05, 0) is 44.9 Å². The molecule has 3 heterocycles. The number of hydrogen-bond donors (Lipinski definition) is 1. The summed E-state index contributed by atoms with van der Waals surface area (Å²) < 4.78 is 6.18. The van der Waals surface area contributed by atoms with Crippen molar-refractivity contribution < 1.29 is 4.74 Å². The molecule has 2 nitrogen and oxygen atoms in total. The molecular weight excluding hydrogens is 218 g/mol. The highest BCUT2D eigenvalue weighted by molar-refractivity contribution is 7.12. The molecule has 1 fully saturated rings. The lowest BCUT2D eigenvalue weighted by Gasteiger charge is -2.43. The van der Waals surface area contributed by atoms with Crippen LogP contribution in [-0.2, 0) is 16.8 Å². The largest absolute Gasteiger partial charge is 0.370 e. The van der Waals surface area contributed by atoms with Crippen LogP contribution in [0.2, 0.25) is 0 Å². The zero-order chi connectivity index (χ0) is 11.2. The van der Waals surface area contributed by atoms with Gasteiger partial charge in [0.05, 0.1) is 12.2 Å². The predicted molar refractivity (Wildman–Crippen MR) is 67.1 cm³/mol. The fraction of sp³-hybridized carbons (Fsp3) is 0.692. The van der Waals surface area contributed by atoms with Crippen molar-refractivity contribution in [1.29, 1.82) is 0 Å². The Kier molecular flexibility index (Phi) is 2.57. The number of hydrogen-bond acceptors (Lipinski definition) is 3. The van der Waals surface area contributed by atoms with Crippen molar-refractivity contribution in [2.24, 2.45) is 0 Å². The van der Waals surface area contributed by atoms with Gasteiger partial charge in [0, 0.05) is 22.2 Å². The highest BCUT2D eigenvalue weighted by atomic mass is 32.1. The van der Waals surface area contributed by atoms with Gasteiger partial charge in [0.25, 0.3) is 0 Å². The lowest BCUT2D eigenvalue weighted by atomic mass is 9.80. The summed E-state index contributed by atoms with van der Waals surface area (Å²) in [6, 6.07) is 2.93. The van der Waals surface area contributed by atoms with Crippen LogP contribution >= 0.6 is 11.3 Å². The van der Waals surface area contributed by atoms with Gasteiger partial charge >= 0.3 is 0 Å². The average molecular weight is 237 g/mol. The summed E-state index contributed by atoms with van der Waals surface area (Å²) in [5, 5.41) is 3.51. The van der Waals surface area contributed by atoms with Crippen LogP contribution in [0.15, 0.2) is 6.07 Å². The van der Waals surface area contributed by atoms with E-state index in [1.54, 1.807) is 4.88 Å². The summed E-state index contributed by atoms with van der Waals surface area (Å²) in [4.78, 5) is 3.00. The first-order valence-electron chi connectivity index (χ1n) is 6.17. The topological polar surface area (TPSA) is 21.3 Å². The number of piperidine rings is 1. The van der Waals surface area contributed by atoms with E-state index in [1.165, 1.54) is 10.4 Å². The zero-order valence-electron chi connectivity index (χ0n) is 10.0. The monoisotopic (exact) mass is 237 g/mol. The van der Waals surface area contributed by atoms with E-state index in [0.29, 0.717) is 6.04 Å². The highest BCUT2D eigenvalue weighted by Gasteiger charge is 2.41. The Bertz CT molecular complexity index is 401. The van der Waals surface area contributed by atoms with Gasteiger partial charge in [-0.2, -0.15) is 0 Å². The van der Waals surface area contributed by atoms with Crippen LogP contribution in [0.3, 0.4) is 0 Å². The van der Waals surface area contributed by atoms with E-state index in [4.69, 9.17) is 4.74 Å². The van der Waals surface area contributed by atoms with Gasteiger partial charge in [-0.3, -0.25) is 0 Å². The molecule has 1 N–H and O–H groups in total. The first-order valence-corrected chi connectivity index (χ1v) is 6.98. The maximum atomic E-state index is 6.18.